The maximum atomic E-state index is 12.5. The number of halogens is 5. The molecular formula is C97H113BBr4ClN17O13. The van der Waals surface area contributed by atoms with Crippen LogP contribution in [-0.4, -0.2) is 154 Å². The largest absolute Gasteiger partial charge is 0.490 e. The van der Waals surface area contributed by atoms with Crippen molar-refractivity contribution in [1.82, 2.24) is 59.8 Å². The van der Waals surface area contributed by atoms with Crippen molar-refractivity contribution < 1.29 is 63.1 Å². The molecule has 0 bridgehead atoms. The number of para-hydroxylation sites is 2. The number of esters is 1. The zero-order chi connectivity index (χ0) is 97.9. The zero-order valence-electron chi connectivity index (χ0n) is 77.2. The molecule has 0 saturated carbocycles. The highest BCUT2D eigenvalue weighted by Gasteiger charge is 2.26. The fourth-order valence-corrected chi connectivity index (χ4v) is 11.8. The number of carboxylic acids is 1. The molecule has 0 atom stereocenters. The van der Waals surface area contributed by atoms with E-state index in [0.717, 1.165) is 80.9 Å². The third kappa shape index (κ3) is 40.1. The predicted octanol–water partition coefficient (Wildman–Crippen LogP) is 19.6. The third-order valence-corrected chi connectivity index (χ3v) is 20.5. The Bertz CT molecular complexity index is 5650. The molecule has 9 aromatic heterocycles. The van der Waals surface area contributed by atoms with Crippen LogP contribution in [0.5, 0.6) is 0 Å². The maximum Gasteiger partial charge on any atom is 0.490 e. The molecule has 0 aliphatic rings. The van der Waals surface area contributed by atoms with Gasteiger partial charge >= 0.3 is 19.1 Å². The summed E-state index contributed by atoms with van der Waals surface area (Å²) in [5.74, 6) is 0.00636. The van der Waals surface area contributed by atoms with Crippen molar-refractivity contribution in [3.05, 3.63) is 329 Å². The summed E-state index contributed by atoms with van der Waals surface area (Å²) in [5, 5.41) is 49.0. The van der Waals surface area contributed by atoms with Crippen LogP contribution in [0.3, 0.4) is 0 Å². The lowest BCUT2D eigenvalue weighted by molar-refractivity contribution is -0.120. The SMILES string of the molecule is Brc1ccc(Br)nc1.CC(C)(C)c1ccc(-c2ccnc(NCc3ccc(C(=O)Nc4ccccc4N)cc3)n2)cn1.CC(C)(C)c1ccc(-c2ccnc(NCc3ccc(C(=O)O)cc3)n2)cn1.CC(C)(O)c1ccc(Br)cn1.CCOC.COC(=O)c1ccc(CNc2nccc(Cl)n2)cc1.COCOC(C)(C)c1ccc(B(O)O)cn1.COCOC(C)(C)c1ccc(Br)cn1. The Morgan fingerprint density at radius 1 is 0.436 bits per heavy atom. The lowest BCUT2D eigenvalue weighted by Crippen LogP contribution is -2.32. The number of hydrogen-bond donors (Lipinski definition) is 9. The number of aliphatic hydroxyl groups is 1. The highest BCUT2D eigenvalue weighted by molar-refractivity contribution is 9.11. The molecule has 10 N–H and O–H groups in total. The molecule has 702 valence electrons. The van der Waals surface area contributed by atoms with Crippen LogP contribution in [0.25, 0.3) is 22.5 Å². The van der Waals surface area contributed by atoms with Crippen LogP contribution in [-0.2, 0) is 75.7 Å². The molecule has 0 radical (unpaired) electrons. The minimum atomic E-state index is -1.50. The minimum Gasteiger partial charge on any atom is -0.478 e. The molecule has 133 heavy (non-hydrogen) atoms. The number of carbonyl (C=O) groups is 3. The number of carboxylic acid groups (broad SMARTS) is 1. The number of amides is 1. The molecule has 1 amide bonds. The molecule has 9 heterocycles. The monoisotopic (exact) mass is 2090 g/mol. The van der Waals surface area contributed by atoms with Crippen molar-refractivity contribution in [3.63, 3.8) is 0 Å². The normalized spacial score (nSPS) is 10.9. The Balaban J connectivity index is 0.000000247. The number of pyridine rings is 6. The van der Waals surface area contributed by atoms with Gasteiger partial charge in [0.2, 0.25) is 17.8 Å². The Kier molecular flexibility index (Phi) is 45.9. The molecule has 0 aliphatic carbocycles. The summed E-state index contributed by atoms with van der Waals surface area (Å²) in [6.07, 6.45) is 15.3. The van der Waals surface area contributed by atoms with E-state index in [9.17, 15) is 19.5 Å². The lowest BCUT2D eigenvalue weighted by Gasteiger charge is -2.24. The van der Waals surface area contributed by atoms with Crippen LogP contribution < -0.4 is 32.5 Å². The minimum absolute atomic E-state index is 0.00203. The van der Waals surface area contributed by atoms with Crippen LogP contribution in [0.15, 0.2) is 262 Å². The first kappa shape index (κ1) is 110. The van der Waals surface area contributed by atoms with Crippen molar-refractivity contribution in [1.29, 1.82) is 0 Å². The number of nitrogens with one attached hydrogen (secondary N) is 4. The van der Waals surface area contributed by atoms with E-state index in [-0.39, 0.29) is 41.9 Å². The first-order valence-electron chi connectivity index (χ1n) is 41.4. The van der Waals surface area contributed by atoms with Gasteiger partial charge in [-0.05, 0) is 262 Å². The summed E-state index contributed by atoms with van der Waals surface area (Å²) in [5.41, 5.74) is 17.6. The van der Waals surface area contributed by atoms with Gasteiger partial charge in [-0.3, -0.25) is 29.7 Å². The van der Waals surface area contributed by atoms with Crippen molar-refractivity contribution in [2.45, 2.75) is 137 Å². The van der Waals surface area contributed by atoms with Crippen LogP contribution >= 0.6 is 75.3 Å². The molecule has 0 fully saturated rings. The second-order valence-corrected chi connectivity index (χ2v) is 36.2. The highest BCUT2D eigenvalue weighted by Crippen LogP contribution is 2.29. The van der Waals surface area contributed by atoms with Gasteiger partial charge in [-0.1, -0.05) is 108 Å². The fourth-order valence-electron chi connectivity index (χ4n) is 10.7. The van der Waals surface area contributed by atoms with Gasteiger partial charge in [0.1, 0.15) is 40.1 Å². The first-order chi connectivity index (χ1) is 63.0. The average molecular weight is 2090 g/mol. The zero-order valence-corrected chi connectivity index (χ0v) is 84.3. The van der Waals surface area contributed by atoms with Gasteiger partial charge in [-0.15, -0.1) is 0 Å². The fraction of sp³-hybridized carbons (Fsp3) is 0.289. The number of ether oxygens (including phenoxy) is 6. The molecule has 0 aliphatic heterocycles. The molecule has 36 heteroatoms. The number of benzene rings is 4. The van der Waals surface area contributed by atoms with Crippen LogP contribution in [0.2, 0.25) is 5.15 Å². The van der Waals surface area contributed by atoms with E-state index in [1.165, 1.54) is 13.3 Å². The quantitative estimate of drug-likeness (QED) is 0.00607. The molecule has 13 aromatic rings. The van der Waals surface area contributed by atoms with Crippen LogP contribution in [0.1, 0.15) is 166 Å². The van der Waals surface area contributed by atoms with Gasteiger partial charge in [-0.25, -0.2) is 44.5 Å². The Hall–Kier alpha value is -11.4. The summed E-state index contributed by atoms with van der Waals surface area (Å²) < 4.78 is 33.6. The van der Waals surface area contributed by atoms with E-state index in [1.807, 2.05) is 150 Å². The van der Waals surface area contributed by atoms with Gasteiger partial charge < -0.3 is 75.7 Å². The summed E-state index contributed by atoms with van der Waals surface area (Å²) in [4.78, 5) is 86.0. The van der Waals surface area contributed by atoms with Crippen molar-refractivity contribution in [2.75, 3.05) is 75.6 Å². The van der Waals surface area contributed by atoms with Gasteiger partial charge in [0, 0.05) is 161 Å². The lowest BCUT2D eigenvalue weighted by atomic mass is 9.81. The van der Waals surface area contributed by atoms with Crippen LogP contribution in [0, 0.1) is 0 Å². The van der Waals surface area contributed by atoms with E-state index >= 15 is 0 Å². The van der Waals surface area contributed by atoms with Crippen molar-refractivity contribution >= 4 is 135 Å². The van der Waals surface area contributed by atoms with Gasteiger partial charge in [0.05, 0.1) is 58.1 Å². The van der Waals surface area contributed by atoms with Gasteiger partial charge in [0.25, 0.3) is 5.91 Å². The maximum absolute atomic E-state index is 12.5. The van der Waals surface area contributed by atoms with E-state index in [4.69, 9.17) is 51.4 Å². The Morgan fingerprint density at radius 3 is 1.17 bits per heavy atom. The molecule has 13 rings (SSSR count). The number of aromatic nitrogens is 12. The number of carbonyl (C=O) groups excluding carboxylic acids is 2. The number of methoxy groups -OCH3 is 4. The smallest absolute Gasteiger partial charge is 0.478 e. The molecule has 0 unspecified atom stereocenters. The van der Waals surface area contributed by atoms with Crippen LogP contribution in [0.4, 0.5) is 29.2 Å². The Morgan fingerprint density at radius 2 is 0.827 bits per heavy atom. The standard InChI is InChI=1S/C27H28N6O.C21H22N4O2.C13H12ClN3O2.C10H16BNO4.C10H14BrNO2.C8H10BrNO.C5H3Br2N.C3H8O/c1-27(2,3)24-13-12-20(17-30-24)22-14-15-29-26(33-22)31-16-18-8-10-19(11-9-18)25(34)32-23-7-5-4-6-21(23)28;1-21(2,3)18-9-8-16(13-23-18)17-10-11-22-20(25-17)24-12-14-4-6-15(7-5-14)19(26)27;1-19-12(18)10-4-2-9(3-5-10)8-16-13-15-7-6-11(14)17-13;1-10(2,16-7-15-3)9-5-4-8(6-12-9)11(13)14;1-10(2,14-7-13-3)9-5-4-8(11)6-12-9;1-8(2,11)7-4-3-6(9)5-10-7;6-4-1-2-5(7)8-3-4;1-3-4-2/h4-15,17H,16,28H2,1-3H3,(H,32,34)(H,29,31,33);4-11,13H,12H2,1-3H3,(H,26,27)(H,22,24,25);2-7H,8H2,1H3,(H,15,16,17);4-6,13-14H,7H2,1-3H3;4-6H,7H2,1-3H3;3-5,11H,1-2H3;1-3H;3H2,1-2H3. The van der Waals surface area contributed by atoms with Crippen molar-refractivity contribution in [2.24, 2.45) is 0 Å². The first-order valence-corrected chi connectivity index (χ1v) is 44.9. The number of nitrogen functional groups attached to an aromatic ring is 1. The van der Waals surface area contributed by atoms with E-state index < -0.39 is 29.9 Å². The Labute approximate surface area is 816 Å². The molecule has 0 saturated heterocycles. The summed E-state index contributed by atoms with van der Waals surface area (Å²) in [6, 6.07) is 56.4. The average Bonchev–Trinajstić information content (AvgIpc) is 0.842. The number of nitrogens with two attached hydrogens (primary N) is 1. The van der Waals surface area contributed by atoms with E-state index in [2.05, 4.69) is 196 Å². The van der Waals surface area contributed by atoms with Gasteiger partial charge in [-0.2, -0.15) is 0 Å². The number of nitrogens with zero attached hydrogens (tertiary/aromatic N) is 12. The second-order valence-electron chi connectivity index (χ2n) is 32.2. The topological polar surface area (TPSA) is 416 Å². The summed E-state index contributed by atoms with van der Waals surface area (Å²) in [7, 11) is 4.69. The van der Waals surface area contributed by atoms with Crippen molar-refractivity contribution in [3.8, 4) is 22.5 Å². The van der Waals surface area contributed by atoms with E-state index in [0.29, 0.717) is 82.0 Å². The predicted molar refractivity (Wildman–Crippen MR) is 536 cm³/mol. The number of rotatable bonds is 26. The summed E-state index contributed by atoms with van der Waals surface area (Å²) >= 11 is 18.8. The van der Waals surface area contributed by atoms with E-state index in [1.54, 1.807) is 157 Å². The number of aromatic carboxylic acids is 1. The highest BCUT2D eigenvalue weighted by atomic mass is 79.9. The molecule has 0 spiro atoms. The summed E-state index contributed by atoms with van der Waals surface area (Å²) in [6.45, 7) is 28.7. The third-order valence-electron chi connectivity index (χ3n) is 18.4. The number of anilines is 5. The second kappa shape index (κ2) is 55.3. The molecule has 30 nitrogen and oxygen atoms in total. The number of hydrogen-bond acceptors (Lipinski definition) is 28. The van der Waals surface area contributed by atoms with Gasteiger partial charge in [0.15, 0.2) is 0 Å². The molecular weight excluding hydrogens is 1980 g/mol. The molecule has 4 aromatic carbocycles.